The first kappa shape index (κ1) is 8.11. The second kappa shape index (κ2) is 4.04. The van der Waals surface area contributed by atoms with Crippen molar-refractivity contribution >= 4 is 21.7 Å². The SMILES string of the molecule is CN(C)CC(=O)CBr. The number of rotatable bonds is 3. The summed E-state index contributed by atoms with van der Waals surface area (Å²) in [5, 5.41) is 0.463. The molecule has 0 aromatic carbocycles. The summed E-state index contributed by atoms with van der Waals surface area (Å²) in [4.78, 5) is 12.4. The van der Waals surface area contributed by atoms with Crippen LogP contribution in [0.3, 0.4) is 0 Å². The smallest absolute Gasteiger partial charge is 0.157 e. The third kappa shape index (κ3) is 4.27. The summed E-state index contributed by atoms with van der Waals surface area (Å²) in [6.07, 6.45) is 0. The topological polar surface area (TPSA) is 20.3 Å². The highest BCUT2D eigenvalue weighted by atomic mass is 79.9. The van der Waals surface area contributed by atoms with E-state index in [1.54, 1.807) is 0 Å². The van der Waals surface area contributed by atoms with Gasteiger partial charge in [-0.3, -0.25) is 4.79 Å². The fourth-order valence-electron chi connectivity index (χ4n) is 0.395. The minimum absolute atomic E-state index is 0.218. The molecule has 0 atom stereocenters. The molecule has 0 unspecified atom stereocenters. The highest BCUT2D eigenvalue weighted by molar-refractivity contribution is 9.09. The molecule has 2 nitrogen and oxygen atoms in total. The van der Waals surface area contributed by atoms with E-state index >= 15 is 0 Å². The normalized spacial score (nSPS) is 10.0. The van der Waals surface area contributed by atoms with Crippen molar-refractivity contribution in [2.45, 2.75) is 0 Å². The Morgan fingerprint density at radius 2 is 2.12 bits per heavy atom. The molecule has 0 bridgehead atoms. The average molecular weight is 180 g/mol. The van der Waals surface area contributed by atoms with Gasteiger partial charge in [-0.1, -0.05) is 15.9 Å². The van der Waals surface area contributed by atoms with Crippen LogP contribution < -0.4 is 0 Å². The van der Waals surface area contributed by atoms with E-state index in [1.165, 1.54) is 0 Å². The minimum atomic E-state index is 0.218. The number of ketones is 1. The zero-order valence-electron chi connectivity index (χ0n) is 5.15. The lowest BCUT2D eigenvalue weighted by atomic mass is 10.4. The van der Waals surface area contributed by atoms with Crippen LogP contribution in [0.25, 0.3) is 0 Å². The van der Waals surface area contributed by atoms with Crippen molar-refractivity contribution in [3.8, 4) is 0 Å². The maximum absolute atomic E-state index is 10.5. The summed E-state index contributed by atoms with van der Waals surface area (Å²) in [7, 11) is 3.75. The number of halogens is 1. The number of nitrogens with zero attached hydrogens (tertiary/aromatic N) is 1. The van der Waals surface area contributed by atoms with Crippen LogP contribution in [0, 0.1) is 0 Å². The van der Waals surface area contributed by atoms with Crippen LogP contribution in [0.4, 0.5) is 0 Å². The average Bonchev–Trinajstić information content (AvgIpc) is 1.65. The Hall–Kier alpha value is 0.110. The van der Waals surface area contributed by atoms with Gasteiger partial charge >= 0.3 is 0 Å². The highest BCUT2D eigenvalue weighted by Gasteiger charge is 1.97. The van der Waals surface area contributed by atoms with Gasteiger partial charge < -0.3 is 4.90 Å². The first-order valence-corrected chi connectivity index (χ1v) is 3.51. The van der Waals surface area contributed by atoms with Gasteiger partial charge in [-0.15, -0.1) is 0 Å². The third-order valence-corrected chi connectivity index (χ3v) is 1.27. The molecule has 0 saturated heterocycles. The largest absolute Gasteiger partial charge is 0.302 e. The zero-order chi connectivity index (χ0) is 6.57. The molecule has 0 aliphatic rings. The molecule has 0 N–H and O–H groups in total. The summed E-state index contributed by atoms with van der Waals surface area (Å²) in [6, 6.07) is 0. The Morgan fingerprint density at radius 3 is 2.25 bits per heavy atom. The number of carbonyl (C=O) groups excluding carboxylic acids is 1. The molecule has 0 saturated carbocycles. The van der Waals surface area contributed by atoms with Crippen LogP contribution in [-0.4, -0.2) is 36.7 Å². The lowest BCUT2D eigenvalue weighted by Crippen LogP contribution is -2.22. The lowest BCUT2D eigenvalue weighted by Gasteiger charge is -2.04. The fraction of sp³-hybridized carbons (Fsp3) is 0.800. The highest BCUT2D eigenvalue weighted by Crippen LogP contribution is 1.83. The maximum atomic E-state index is 10.5. The van der Waals surface area contributed by atoms with Crippen LogP contribution in [0.1, 0.15) is 0 Å². The number of carbonyl (C=O) groups is 1. The molecule has 3 heteroatoms. The molecular formula is C5H10BrNO. The molecule has 0 spiro atoms. The molecule has 0 fully saturated rings. The second-order valence-corrected chi connectivity index (χ2v) is 2.47. The Labute approximate surface area is 58.0 Å². The summed E-state index contributed by atoms with van der Waals surface area (Å²) in [5.74, 6) is 0.218. The van der Waals surface area contributed by atoms with E-state index in [2.05, 4.69) is 15.9 Å². The molecule has 0 aromatic heterocycles. The van der Waals surface area contributed by atoms with Gasteiger partial charge in [0.25, 0.3) is 0 Å². The third-order valence-electron chi connectivity index (χ3n) is 0.642. The van der Waals surface area contributed by atoms with Gasteiger partial charge in [-0.25, -0.2) is 0 Å². The Bertz CT molecular complexity index is 82.5. The molecule has 0 aromatic rings. The van der Waals surface area contributed by atoms with E-state index in [-0.39, 0.29) is 5.78 Å². The van der Waals surface area contributed by atoms with Gasteiger partial charge in [-0.2, -0.15) is 0 Å². The molecule has 0 radical (unpaired) electrons. The summed E-state index contributed by atoms with van der Waals surface area (Å²) in [5.41, 5.74) is 0. The second-order valence-electron chi connectivity index (χ2n) is 1.91. The number of hydrogen-bond donors (Lipinski definition) is 0. The molecule has 0 amide bonds. The minimum Gasteiger partial charge on any atom is -0.302 e. The molecule has 0 aliphatic carbocycles. The Balaban J connectivity index is 3.25. The predicted octanol–water partition coefficient (Wildman–Crippen LogP) is 0.512. The van der Waals surface area contributed by atoms with Crippen molar-refractivity contribution in [3.63, 3.8) is 0 Å². The summed E-state index contributed by atoms with van der Waals surface area (Å²) >= 11 is 3.07. The van der Waals surface area contributed by atoms with Crippen LogP contribution in [-0.2, 0) is 4.79 Å². The fourth-order valence-corrected chi connectivity index (χ4v) is 0.572. The zero-order valence-corrected chi connectivity index (χ0v) is 6.73. The van der Waals surface area contributed by atoms with Gasteiger partial charge in [0.15, 0.2) is 5.78 Å². The predicted molar refractivity (Wildman–Crippen MR) is 37.4 cm³/mol. The van der Waals surface area contributed by atoms with E-state index in [0.717, 1.165) is 0 Å². The van der Waals surface area contributed by atoms with Crippen molar-refractivity contribution in [2.75, 3.05) is 26.0 Å². The van der Waals surface area contributed by atoms with E-state index in [0.29, 0.717) is 11.9 Å². The first-order chi connectivity index (χ1) is 3.66. The molecule has 0 heterocycles. The van der Waals surface area contributed by atoms with Gasteiger partial charge in [-0.05, 0) is 14.1 Å². The van der Waals surface area contributed by atoms with Gasteiger partial charge in [0, 0.05) is 0 Å². The van der Waals surface area contributed by atoms with Crippen LogP contribution in [0.15, 0.2) is 0 Å². The van der Waals surface area contributed by atoms with Crippen molar-refractivity contribution in [1.29, 1.82) is 0 Å². The monoisotopic (exact) mass is 179 g/mol. The molecule has 48 valence electrons. The Morgan fingerprint density at radius 1 is 1.62 bits per heavy atom. The molecular weight excluding hydrogens is 170 g/mol. The summed E-state index contributed by atoms with van der Waals surface area (Å²) in [6.45, 7) is 0.533. The van der Waals surface area contributed by atoms with E-state index in [1.807, 2.05) is 19.0 Å². The van der Waals surface area contributed by atoms with Gasteiger partial charge in [0.2, 0.25) is 0 Å². The van der Waals surface area contributed by atoms with Crippen molar-refractivity contribution < 1.29 is 4.79 Å². The van der Waals surface area contributed by atoms with E-state index in [4.69, 9.17) is 0 Å². The Kier molecular flexibility index (Phi) is 4.09. The van der Waals surface area contributed by atoms with Crippen molar-refractivity contribution in [3.05, 3.63) is 0 Å². The summed E-state index contributed by atoms with van der Waals surface area (Å²) < 4.78 is 0. The van der Waals surface area contributed by atoms with Crippen molar-refractivity contribution in [1.82, 2.24) is 4.90 Å². The van der Waals surface area contributed by atoms with Gasteiger partial charge in [0.05, 0.1) is 11.9 Å². The van der Waals surface area contributed by atoms with Gasteiger partial charge in [0.1, 0.15) is 0 Å². The van der Waals surface area contributed by atoms with E-state index in [9.17, 15) is 4.79 Å². The molecule has 0 aliphatic heterocycles. The van der Waals surface area contributed by atoms with Crippen LogP contribution in [0.2, 0.25) is 0 Å². The standard InChI is InChI=1S/C5H10BrNO/c1-7(2)4-5(8)3-6/h3-4H2,1-2H3. The van der Waals surface area contributed by atoms with E-state index < -0.39 is 0 Å². The number of likely N-dealkylation sites (N-methyl/N-ethyl adjacent to an activating group) is 1. The van der Waals surface area contributed by atoms with Crippen LogP contribution >= 0.6 is 15.9 Å². The van der Waals surface area contributed by atoms with Crippen LogP contribution in [0.5, 0.6) is 0 Å². The molecule has 8 heavy (non-hydrogen) atoms. The number of Topliss-reactive ketones (excluding diaryl/α,β-unsaturated/α-hetero) is 1. The number of hydrogen-bond acceptors (Lipinski definition) is 2. The van der Waals surface area contributed by atoms with Crippen molar-refractivity contribution in [2.24, 2.45) is 0 Å². The maximum Gasteiger partial charge on any atom is 0.157 e. The first-order valence-electron chi connectivity index (χ1n) is 2.39. The molecule has 0 rings (SSSR count). The number of alkyl halides is 1. The lowest BCUT2D eigenvalue weighted by molar-refractivity contribution is -0.117. The quantitative estimate of drug-likeness (QED) is 0.590.